The Bertz CT molecular complexity index is 1030. The fraction of sp³-hybridized carbons (Fsp3) is 0.348. The first-order valence-corrected chi connectivity index (χ1v) is 11.3. The predicted molar refractivity (Wildman–Crippen MR) is 124 cm³/mol. The van der Waals surface area contributed by atoms with E-state index in [2.05, 4.69) is 50.3 Å². The summed E-state index contributed by atoms with van der Waals surface area (Å²) in [5.74, 6) is -0.426. The van der Waals surface area contributed by atoms with Crippen molar-refractivity contribution in [1.29, 1.82) is 0 Å². The van der Waals surface area contributed by atoms with Gasteiger partial charge in [0.2, 0.25) is 5.95 Å². The summed E-state index contributed by atoms with van der Waals surface area (Å²) in [4.78, 5) is 26.0. The van der Waals surface area contributed by atoms with E-state index in [-0.39, 0.29) is 0 Å². The zero-order chi connectivity index (χ0) is 21.6. The number of aryl methyl sites for hydroxylation is 1. The predicted octanol–water partition coefficient (Wildman–Crippen LogP) is 3.83. The van der Waals surface area contributed by atoms with Crippen LogP contribution in [0.3, 0.4) is 0 Å². The Morgan fingerprint density at radius 1 is 1.16 bits per heavy atom. The van der Waals surface area contributed by atoms with Gasteiger partial charge in [-0.2, -0.15) is 0 Å². The van der Waals surface area contributed by atoms with Gasteiger partial charge in [-0.05, 0) is 62.3 Å². The molecule has 0 unspecified atom stereocenters. The van der Waals surface area contributed by atoms with Gasteiger partial charge in [0.05, 0.1) is 10.6 Å². The lowest BCUT2D eigenvalue weighted by molar-refractivity contribution is 0.0702. The SMILES string of the molecule is CN1CCN(CCCc2cccc(Nc3nccc(-c4ccc(C(=O)O)s4)n3)c2)CC1. The van der Waals surface area contributed by atoms with Crippen LogP contribution in [0.1, 0.15) is 21.7 Å². The number of likely N-dealkylation sites (N-methyl/N-ethyl adjacent to an activating group) is 1. The van der Waals surface area contributed by atoms with Gasteiger partial charge in [-0.25, -0.2) is 14.8 Å². The van der Waals surface area contributed by atoms with Crippen molar-refractivity contribution in [2.75, 3.05) is 45.1 Å². The fourth-order valence-electron chi connectivity index (χ4n) is 3.66. The molecule has 0 aliphatic carbocycles. The highest BCUT2D eigenvalue weighted by molar-refractivity contribution is 7.17. The summed E-state index contributed by atoms with van der Waals surface area (Å²) >= 11 is 1.21. The zero-order valence-electron chi connectivity index (χ0n) is 17.6. The first kappa shape index (κ1) is 21.4. The van der Waals surface area contributed by atoms with Crippen LogP contribution in [-0.2, 0) is 6.42 Å². The average Bonchev–Trinajstić information content (AvgIpc) is 3.27. The van der Waals surface area contributed by atoms with Crippen LogP contribution in [0, 0.1) is 0 Å². The number of aromatic nitrogens is 2. The maximum absolute atomic E-state index is 11.1. The quantitative estimate of drug-likeness (QED) is 0.554. The second-order valence-corrected chi connectivity index (χ2v) is 8.89. The Labute approximate surface area is 186 Å². The van der Waals surface area contributed by atoms with Gasteiger partial charge in [0.1, 0.15) is 4.88 Å². The molecule has 3 aromatic rings. The second-order valence-electron chi connectivity index (χ2n) is 7.81. The Hall–Kier alpha value is -2.81. The van der Waals surface area contributed by atoms with Crippen LogP contribution in [0.15, 0.2) is 48.7 Å². The average molecular weight is 438 g/mol. The molecule has 1 fully saturated rings. The van der Waals surface area contributed by atoms with Gasteiger partial charge < -0.3 is 20.2 Å². The number of piperazine rings is 1. The van der Waals surface area contributed by atoms with Gasteiger partial charge >= 0.3 is 5.97 Å². The van der Waals surface area contributed by atoms with E-state index in [9.17, 15) is 4.79 Å². The molecule has 4 rings (SSSR count). The summed E-state index contributed by atoms with van der Waals surface area (Å²) < 4.78 is 0. The second kappa shape index (κ2) is 10.00. The van der Waals surface area contributed by atoms with Gasteiger partial charge in [-0.1, -0.05) is 12.1 Å². The largest absolute Gasteiger partial charge is 0.477 e. The minimum Gasteiger partial charge on any atom is -0.477 e. The number of nitrogens with zero attached hydrogens (tertiary/aromatic N) is 4. The van der Waals surface area contributed by atoms with E-state index in [1.54, 1.807) is 24.4 Å². The minimum atomic E-state index is -0.923. The van der Waals surface area contributed by atoms with Gasteiger partial charge in [-0.3, -0.25) is 0 Å². The molecule has 0 spiro atoms. The molecule has 0 radical (unpaired) electrons. The number of nitrogens with one attached hydrogen (secondary N) is 1. The Balaban J connectivity index is 1.35. The minimum absolute atomic E-state index is 0.299. The van der Waals surface area contributed by atoms with Gasteiger partial charge in [-0.15, -0.1) is 11.3 Å². The smallest absolute Gasteiger partial charge is 0.345 e. The van der Waals surface area contributed by atoms with Crippen LogP contribution < -0.4 is 5.32 Å². The number of aromatic carboxylic acids is 1. The van der Waals surface area contributed by atoms with Crippen molar-refractivity contribution in [2.45, 2.75) is 12.8 Å². The first-order valence-electron chi connectivity index (χ1n) is 10.5. The molecule has 7 nitrogen and oxygen atoms in total. The maximum atomic E-state index is 11.1. The van der Waals surface area contributed by atoms with Crippen molar-refractivity contribution >= 4 is 28.9 Å². The Morgan fingerprint density at radius 2 is 2.00 bits per heavy atom. The highest BCUT2D eigenvalue weighted by atomic mass is 32.1. The van der Waals surface area contributed by atoms with E-state index >= 15 is 0 Å². The third-order valence-corrected chi connectivity index (χ3v) is 6.54. The molecule has 1 aromatic carbocycles. The molecular formula is C23H27N5O2S. The molecule has 0 bridgehead atoms. The molecule has 0 atom stereocenters. The highest BCUT2D eigenvalue weighted by Gasteiger charge is 2.13. The number of carboxylic acids is 1. The van der Waals surface area contributed by atoms with Crippen molar-refractivity contribution in [3.8, 4) is 10.6 Å². The molecule has 1 aliphatic rings. The van der Waals surface area contributed by atoms with Crippen LogP contribution in [0.4, 0.5) is 11.6 Å². The van der Waals surface area contributed by atoms with Crippen LogP contribution in [0.5, 0.6) is 0 Å². The number of rotatable bonds is 8. The van der Waals surface area contributed by atoms with Gasteiger partial charge in [0, 0.05) is 38.1 Å². The Kier molecular flexibility index (Phi) is 6.91. The van der Waals surface area contributed by atoms with E-state index < -0.39 is 5.97 Å². The third kappa shape index (κ3) is 5.88. The van der Waals surface area contributed by atoms with Crippen molar-refractivity contribution in [2.24, 2.45) is 0 Å². The van der Waals surface area contributed by atoms with E-state index in [1.165, 1.54) is 16.9 Å². The van der Waals surface area contributed by atoms with Gasteiger partial charge in [0.15, 0.2) is 0 Å². The molecule has 0 saturated carbocycles. The number of carbonyl (C=O) groups is 1. The number of hydrogen-bond donors (Lipinski definition) is 2. The van der Waals surface area contributed by atoms with Crippen molar-refractivity contribution < 1.29 is 9.90 Å². The third-order valence-electron chi connectivity index (χ3n) is 5.44. The molecule has 1 saturated heterocycles. The lowest BCUT2D eigenvalue weighted by Crippen LogP contribution is -2.44. The van der Waals surface area contributed by atoms with Gasteiger partial charge in [0.25, 0.3) is 0 Å². The molecule has 3 heterocycles. The maximum Gasteiger partial charge on any atom is 0.345 e. The van der Waals surface area contributed by atoms with Crippen molar-refractivity contribution in [3.05, 3.63) is 59.1 Å². The monoisotopic (exact) mass is 437 g/mol. The molecule has 2 aromatic heterocycles. The summed E-state index contributed by atoms with van der Waals surface area (Å²) in [6, 6.07) is 13.5. The van der Waals surface area contributed by atoms with E-state index in [0.29, 0.717) is 16.5 Å². The zero-order valence-corrected chi connectivity index (χ0v) is 18.4. The molecule has 2 N–H and O–H groups in total. The van der Waals surface area contributed by atoms with Crippen molar-refractivity contribution in [1.82, 2.24) is 19.8 Å². The lowest BCUT2D eigenvalue weighted by atomic mass is 10.1. The summed E-state index contributed by atoms with van der Waals surface area (Å²) in [6.07, 6.45) is 3.87. The number of carboxylic acid groups (broad SMARTS) is 1. The van der Waals surface area contributed by atoms with Crippen LogP contribution >= 0.6 is 11.3 Å². The molecular weight excluding hydrogens is 410 g/mol. The lowest BCUT2D eigenvalue weighted by Gasteiger charge is -2.32. The molecule has 8 heteroatoms. The normalized spacial score (nSPS) is 15.1. The summed E-state index contributed by atoms with van der Waals surface area (Å²) in [7, 11) is 2.18. The number of hydrogen-bond acceptors (Lipinski definition) is 7. The summed E-state index contributed by atoms with van der Waals surface area (Å²) in [5.41, 5.74) is 2.95. The Morgan fingerprint density at radius 3 is 2.77 bits per heavy atom. The molecule has 1 aliphatic heterocycles. The van der Waals surface area contributed by atoms with E-state index in [0.717, 1.165) is 56.1 Å². The molecule has 0 amide bonds. The summed E-state index contributed by atoms with van der Waals surface area (Å²) in [6.45, 7) is 5.76. The fourth-order valence-corrected chi connectivity index (χ4v) is 4.47. The topological polar surface area (TPSA) is 81.6 Å². The number of anilines is 2. The standard InChI is InChI=1S/C23H27N5O2S/c1-27-12-14-28(15-13-27)11-3-5-17-4-2-6-18(16-17)25-23-24-10-9-19(26-23)20-7-8-21(31-20)22(29)30/h2,4,6-10,16H,3,5,11-15H2,1H3,(H,29,30)(H,24,25,26). The van der Waals surface area contributed by atoms with Crippen LogP contribution in [-0.4, -0.2) is 70.6 Å². The highest BCUT2D eigenvalue weighted by Crippen LogP contribution is 2.27. The first-order chi connectivity index (χ1) is 15.1. The van der Waals surface area contributed by atoms with E-state index in [4.69, 9.17) is 5.11 Å². The number of benzene rings is 1. The summed E-state index contributed by atoms with van der Waals surface area (Å²) in [5, 5.41) is 12.4. The van der Waals surface area contributed by atoms with Crippen LogP contribution in [0.25, 0.3) is 10.6 Å². The molecule has 162 valence electrons. The number of thiophene rings is 1. The van der Waals surface area contributed by atoms with Crippen molar-refractivity contribution in [3.63, 3.8) is 0 Å². The van der Waals surface area contributed by atoms with E-state index in [1.807, 2.05) is 6.07 Å². The molecule has 31 heavy (non-hydrogen) atoms. The van der Waals surface area contributed by atoms with Crippen LogP contribution in [0.2, 0.25) is 0 Å².